The van der Waals surface area contributed by atoms with Gasteiger partial charge in [-0.05, 0) is 45.9 Å². The first-order valence-electron chi connectivity index (χ1n) is 6.63. The van der Waals surface area contributed by atoms with Crippen LogP contribution >= 0.6 is 0 Å². The van der Waals surface area contributed by atoms with Crippen LogP contribution in [0.2, 0.25) is 0 Å². The molecule has 0 spiro atoms. The van der Waals surface area contributed by atoms with Crippen LogP contribution in [0.4, 0.5) is 0 Å². The van der Waals surface area contributed by atoms with Gasteiger partial charge in [0.1, 0.15) is 11.3 Å². The first-order valence-corrected chi connectivity index (χ1v) is 6.63. The molecule has 2 N–H and O–H groups in total. The highest BCUT2D eigenvalue weighted by atomic mass is 16.7. The van der Waals surface area contributed by atoms with Gasteiger partial charge in [-0.1, -0.05) is 0 Å². The Morgan fingerprint density at radius 3 is 2.00 bits per heavy atom. The minimum atomic E-state index is -1.31. The lowest BCUT2D eigenvalue weighted by Gasteiger charge is -2.22. The number of hydrogen-bond donors (Lipinski definition) is 2. The zero-order chi connectivity index (χ0) is 16.2. The van der Waals surface area contributed by atoms with Crippen molar-refractivity contribution in [1.82, 2.24) is 0 Å². The molecule has 0 heterocycles. The summed E-state index contributed by atoms with van der Waals surface area (Å²) in [5.74, 6) is -2.20. The fourth-order valence-corrected chi connectivity index (χ4v) is 1.65. The number of carbonyl (C=O) groups excluding carboxylic acids is 1. The van der Waals surface area contributed by atoms with Crippen molar-refractivity contribution in [3.8, 4) is 5.75 Å². The van der Waals surface area contributed by atoms with Gasteiger partial charge in [0.25, 0.3) is 0 Å². The fraction of sp³-hybridized carbons (Fsp3) is 0.467. The van der Waals surface area contributed by atoms with Crippen LogP contribution in [0.1, 0.15) is 48.4 Å². The predicted molar refractivity (Wildman–Crippen MR) is 75.6 cm³/mol. The molecule has 116 valence electrons. The Balaban J connectivity index is 3.08. The van der Waals surface area contributed by atoms with Gasteiger partial charge in [-0.2, -0.15) is 0 Å². The van der Waals surface area contributed by atoms with E-state index < -0.39 is 23.8 Å². The molecule has 0 radical (unpaired) electrons. The zero-order valence-corrected chi connectivity index (χ0v) is 12.5. The largest absolute Gasteiger partial charge is 0.507 e. The standard InChI is InChI=1S/C15H20O6/c1-8(2)20-15(21-9(3)4)13(17)10-5-6-12(16)11(7-10)14(18)19/h5-9,15-16H,1-4H3,(H,18,19). The van der Waals surface area contributed by atoms with E-state index in [0.717, 1.165) is 6.07 Å². The summed E-state index contributed by atoms with van der Waals surface area (Å²) in [6.07, 6.45) is -1.57. The molecule has 6 nitrogen and oxygen atoms in total. The van der Waals surface area contributed by atoms with Crippen molar-refractivity contribution >= 4 is 11.8 Å². The van der Waals surface area contributed by atoms with E-state index in [1.54, 1.807) is 27.7 Å². The summed E-state index contributed by atoms with van der Waals surface area (Å²) in [4.78, 5) is 23.4. The van der Waals surface area contributed by atoms with E-state index in [4.69, 9.17) is 14.6 Å². The van der Waals surface area contributed by atoms with E-state index in [-0.39, 0.29) is 23.3 Å². The Hall–Kier alpha value is -1.92. The fourth-order valence-electron chi connectivity index (χ4n) is 1.65. The zero-order valence-electron chi connectivity index (χ0n) is 12.5. The van der Waals surface area contributed by atoms with E-state index >= 15 is 0 Å². The van der Waals surface area contributed by atoms with Crippen molar-refractivity contribution in [2.75, 3.05) is 0 Å². The Morgan fingerprint density at radius 2 is 1.57 bits per heavy atom. The van der Waals surface area contributed by atoms with E-state index in [1.807, 2.05) is 0 Å². The highest BCUT2D eigenvalue weighted by Crippen LogP contribution is 2.21. The van der Waals surface area contributed by atoms with Gasteiger partial charge in [0.2, 0.25) is 12.1 Å². The second kappa shape index (κ2) is 7.19. The first kappa shape index (κ1) is 17.1. The molecule has 0 fully saturated rings. The average Bonchev–Trinajstić information content (AvgIpc) is 2.36. The number of ketones is 1. The summed E-state index contributed by atoms with van der Waals surface area (Å²) in [5.41, 5.74) is -0.231. The molecule has 1 aromatic carbocycles. The highest BCUT2D eigenvalue weighted by molar-refractivity contribution is 6.01. The van der Waals surface area contributed by atoms with Crippen LogP contribution in [-0.4, -0.2) is 40.5 Å². The minimum absolute atomic E-state index is 0.108. The van der Waals surface area contributed by atoms with Crippen molar-refractivity contribution in [1.29, 1.82) is 0 Å². The van der Waals surface area contributed by atoms with Gasteiger partial charge >= 0.3 is 5.97 Å². The van der Waals surface area contributed by atoms with Crippen molar-refractivity contribution in [2.45, 2.75) is 46.2 Å². The predicted octanol–water partition coefficient (Wildman–Crippen LogP) is 2.45. The Morgan fingerprint density at radius 1 is 1.05 bits per heavy atom. The molecule has 21 heavy (non-hydrogen) atoms. The van der Waals surface area contributed by atoms with Crippen LogP contribution in [0.15, 0.2) is 18.2 Å². The van der Waals surface area contributed by atoms with Gasteiger partial charge in [-0.15, -0.1) is 0 Å². The average molecular weight is 296 g/mol. The number of carboxylic acid groups (broad SMARTS) is 1. The van der Waals surface area contributed by atoms with E-state index in [0.29, 0.717) is 0 Å². The van der Waals surface area contributed by atoms with Crippen LogP contribution in [0, 0.1) is 0 Å². The third kappa shape index (κ3) is 4.84. The van der Waals surface area contributed by atoms with E-state index in [9.17, 15) is 14.7 Å². The molecule has 1 aromatic rings. The van der Waals surface area contributed by atoms with Gasteiger partial charge in [0, 0.05) is 5.56 Å². The van der Waals surface area contributed by atoms with E-state index in [2.05, 4.69) is 0 Å². The molecule has 0 aliphatic rings. The van der Waals surface area contributed by atoms with Crippen molar-refractivity contribution in [3.05, 3.63) is 29.3 Å². The topological polar surface area (TPSA) is 93.1 Å². The Labute approximate surface area is 123 Å². The lowest BCUT2D eigenvalue weighted by Crippen LogP contribution is -2.32. The third-order valence-corrected chi connectivity index (χ3v) is 2.52. The molecule has 1 rings (SSSR count). The highest BCUT2D eigenvalue weighted by Gasteiger charge is 2.25. The second-order valence-corrected chi connectivity index (χ2v) is 5.10. The number of aromatic carboxylic acids is 1. The number of carbonyl (C=O) groups is 2. The van der Waals surface area contributed by atoms with Crippen LogP contribution in [0.3, 0.4) is 0 Å². The number of ether oxygens (including phenoxy) is 2. The Bertz CT molecular complexity index is 511. The number of rotatable bonds is 7. The van der Waals surface area contributed by atoms with Crippen molar-refractivity contribution < 1.29 is 29.3 Å². The summed E-state index contributed by atoms with van der Waals surface area (Å²) < 4.78 is 10.9. The molecule has 0 amide bonds. The lowest BCUT2D eigenvalue weighted by atomic mass is 10.1. The summed E-state index contributed by atoms with van der Waals surface area (Å²) >= 11 is 0. The summed E-state index contributed by atoms with van der Waals surface area (Å²) in [6, 6.07) is 3.61. The van der Waals surface area contributed by atoms with Gasteiger partial charge < -0.3 is 19.7 Å². The number of hydrogen-bond acceptors (Lipinski definition) is 5. The molecular formula is C15H20O6. The lowest BCUT2D eigenvalue weighted by molar-refractivity contribution is -0.152. The first-order chi connectivity index (χ1) is 9.72. The van der Waals surface area contributed by atoms with Gasteiger partial charge in [0.05, 0.1) is 12.2 Å². The Kier molecular flexibility index (Phi) is 5.87. The SMILES string of the molecule is CC(C)OC(OC(C)C)C(=O)c1ccc(O)c(C(=O)O)c1. The summed E-state index contributed by atoms with van der Waals surface area (Å²) in [5, 5.41) is 18.4. The number of phenols is 1. The number of aromatic hydroxyl groups is 1. The van der Waals surface area contributed by atoms with Crippen LogP contribution < -0.4 is 0 Å². The van der Waals surface area contributed by atoms with Gasteiger partial charge in [-0.25, -0.2) is 4.79 Å². The molecular weight excluding hydrogens is 276 g/mol. The van der Waals surface area contributed by atoms with Crippen molar-refractivity contribution in [2.24, 2.45) is 0 Å². The molecule has 0 atom stereocenters. The maximum absolute atomic E-state index is 12.4. The monoisotopic (exact) mass is 296 g/mol. The van der Waals surface area contributed by atoms with Crippen LogP contribution in [-0.2, 0) is 9.47 Å². The summed E-state index contributed by atoms with van der Waals surface area (Å²) in [6.45, 7) is 7.07. The molecule has 0 aliphatic carbocycles. The molecule has 6 heteroatoms. The molecule has 0 saturated carbocycles. The normalized spacial score (nSPS) is 11.4. The maximum atomic E-state index is 12.4. The molecule has 0 aromatic heterocycles. The maximum Gasteiger partial charge on any atom is 0.339 e. The van der Waals surface area contributed by atoms with Crippen LogP contribution in [0.25, 0.3) is 0 Å². The summed E-state index contributed by atoms with van der Waals surface area (Å²) in [7, 11) is 0. The second-order valence-electron chi connectivity index (χ2n) is 5.10. The molecule has 0 aliphatic heterocycles. The third-order valence-electron chi connectivity index (χ3n) is 2.52. The molecule has 0 bridgehead atoms. The number of carboxylic acids is 1. The quantitative estimate of drug-likeness (QED) is 0.593. The molecule has 0 unspecified atom stereocenters. The van der Waals surface area contributed by atoms with Gasteiger partial charge in [0.15, 0.2) is 0 Å². The molecule has 0 saturated heterocycles. The van der Waals surface area contributed by atoms with Gasteiger partial charge in [-0.3, -0.25) is 4.79 Å². The smallest absolute Gasteiger partial charge is 0.339 e. The number of Topliss-reactive ketones (excluding diaryl/α,β-unsaturated/α-hetero) is 1. The van der Waals surface area contributed by atoms with Crippen LogP contribution in [0.5, 0.6) is 5.75 Å². The number of benzene rings is 1. The van der Waals surface area contributed by atoms with Crippen molar-refractivity contribution in [3.63, 3.8) is 0 Å². The minimum Gasteiger partial charge on any atom is -0.507 e. The van der Waals surface area contributed by atoms with E-state index in [1.165, 1.54) is 12.1 Å².